The molecule has 0 aromatic rings. The molecule has 1 unspecified atom stereocenters. The average Bonchev–Trinajstić information content (AvgIpc) is 2.12. The van der Waals surface area contributed by atoms with Gasteiger partial charge in [-0.15, -0.1) is 0 Å². The van der Waals surface area contributed by atoms with E-state index >= 15 is 0 Å². The van der Waals surface area contributed by atoms with E-state index < -0.39 is 0 Å². The van der Waals surface area contributed by atoms with E-state index in [-0.39, 0.29) is 5.83 Å². The lowest BCUT2D eigenvalue weighted by molar-refractivity contribution is 0.201. The standard InChI is InChI=1S/C10H11FO/c1-7-4-5-9(11)10-8(7)3-2-6-12-10/h3-5,7H,2,6H2,1H3. The van der Waals surface area contributed by atoms with Crippen molar-refractivity contribution in [2.45, 2.75) is 13.3 Å². The molecule has 2 heteroatoms. The van der Waals surface area contributed by atoms with Gasteiger partial charge >= 0.3 is 0 Å². The van der Waals surface area contributed by atoms with Crippen LogP contribution >= 0.6 is 0 Å². The number of hydrogen-bond donors (Lipinski definition) is 0. The minimum absolute atomic E-state index is 0.237. The molecule has 0 radical (unpaired) electrons. The van der Waals surface area contributed by atoms with E-state index in [1.54, 1.807) is 0 Å². The Hall–Kier alpha value is -1.05. The van der Waals surface area contributed by atoms with Crippen molar-refractivity contribution in [3.8, 4) is 0 Å². The molecule has 0 fully saturated rings. The monoisotopic (exact) mass is 166 g/mol. The third-order valence-electron chi connectivity index (χ3n) is 2.23. The van der Waals surface area contributed by atoms with Crippen LogP contribution in [0.2, 0.25) is 0 Å². The Balaban J connectivity index is 2.44. The highest BCUT2D eigenvalue weighted by molar-refractivity contribution is 5.41. The molecule has 0 spiro atoms. The van der Waals surface area contributed by atoms with Gasteiger partial charge in [-0.05, 0) is 11.6 Å². The van der Waals surface area contributed by atoms with Crippen molar-refractivity contribution in [2.24, 2.45) is 5.92 Å². The van der Waals surface area contributed by atoms with Crippen molar-refractivity contribution < 1.29 is 9.13 Å². The maximum Gasteiger partial charge on any atom is 0.165 e. The molecule has 2 rings (SSSR count). The van der Waals surface area contributed by atoms with Crippen molar-refractivity contribution >= 4 is 0 Å². The molecule has 0 aromatic carbocycles. The summed E-state index contributed by atoms with van der Waals surface area (Å²) in [6, 6.07) is 0. The van der Waals surface area contributed by atoms with Gasteiger partial charge in [0.1, 0.15) is 0 Å². The highest BCUT2D eigenvalue weighted by Gasteiger charge is 2.22. The molecule has 1 atom stereocenters. The number of hydrogen-bond acceptors (Lipinski definition) is 1. The van der Waals surface area contributed by atoms with E-state index in [1.807, 2.05) is 13.0 Å². The maximum absolute atomic E-state index is 13.1. The Kier molecular flexibility index (Phi) is 1.75. The highest BCUT2D eigenvalue weighted by Crippen LogP contribution is 2.33. The largest absolute Gasteiger partial charge is 0.490 e. The van der Waals surface area contributed by atoms with Crippen LogP contribution in [0.4, 0.5) is 4.39 Å². The van der Waals surface area contributed by atoms with Crippen LogP contribution in [0.5, 0.6) is 0 Å². The van der Waals surface area contributed by atoms with Crippen molar-refractivity contribution in [3.63, 3.8) is 0 Å². The topological polar surface area (TPSA) is 9.23 Å². The third-order valence-corrected chi connectivity index (χ3v) is 2.23. The van der Waals surface area contributed by atoms with Crippen LogP contribution in [0.1, 0.15) is 13.3 Å². The van der Waals surface area contributed by atoms with Crippen molar-refractivity contribution in [2.75, 3.05) is 6.61 Å². The van der Waals surface area contributed by atoms with E-state index in [9.17, 15) is 4.39 Å². The van der Waals surface area contributed by atoms with Crippen LogP contribution in [0.15, 0.2) is 35.4 Å². The summed E-state index contributed by atoms with van der Waals surface area (Å²) in [6.45, 7) is 2.65. The Labute approximate surface area is 71.2 Å². The number of ether oxygens (including phenoxy) is 1. The number of allylic oxidation sites excluding steroid dienone is 4. The van der Waals surface area contributed by atoms with E-state index in [4.69, 9.17) is 4.74 Å². The lowest BCUT2D eigenvalue weighted by Crippen LogP contribution is -2.13. The summed E-state index contributed by atoms with van der Waals surface area (Å²) in [4.78, 5) is 0. The molecule has 2 aliphatic rings. The van der Waals surface area contributed by atoms with Crippen LogP contribution in [0.3, 0.4) is 0 Å². The van der Waals surface area contributed by atoms with E-state index in [1.165, 1.54) is 6.08 Å². The first-order valence-electron chi connectivity index (χ1n) is 4.20. The summed E-state index contributed by atoms with van der Waals surface area (Å²) in [6.07, 6.45) is 6.30. The minimum Gasteiger partial charge on any atom is -0.490 e. The predicted molar refractivity (Wildman–Crippen MR) is 45.1 cm³/mol. The van der Waals surface area contributed by atoms with Gasteiger partial charge in [0, 0.05) is 12.3 Å². The molecule has 1 aliphatic heterocycles. The fraction of sp³-hybridized carbons (Fsp3) is 0.400. The fourth-order valence-corrected chi connectivity index (χ4v) is 1.56. The Morgan fingerprint density at radius 1 is 1.58 bits per heavy atom. The molecule has 0 saturated carbocycles. The molecule has 12 heavy (non-hydrogen) atoms. The molecular formula is C10H11FO. The van der Waals surface area contributed by atoms with Crippen molar-refractivity contribution in [1.29, 1.82) is 0 Å². The Bertz CT molecular complexity index is 286. The van der Waals surface area contributed by atoms with Crippen LogP contribution in [-0.2, 0) is 4.74 Å². The fourth-order valence-electron chi connectivity index (χ4n) is 1.56. The lowest BCUT2D eigenvalue weighted by Gasteiger charge is -2.24. The molecule has 0 amide bonds. The Morgan fingerprint density at radius 2 is 2.42 bits per heavy atom. The number of fused-ring (bicyclic) bond motifs is 1. The number of rotatable bonds is 0. The van der Waals surface area contributed by atoms with Crippen molar-refractivity contribution in [3.05, 3.63) is 35.4 Å². The number of halogens is 1. The third kappa shape index (κ3) is 1.07. The minimum atomic E-state index is -0.237. The second kappa shape index (κ2) is 2.77. The quantitative estimate of drug-likeness (QED) is 0.537. The lowest BCUT2D eigenvalue weighted by atomic mass is 9.92. The zero-order chi connectivity index (χ0) is 8.55. The van der Waals surface area contributed by atoms with Crippen molar-refractivity contribution in [1.82, 2.24) is 0 Å². The second-order valence-electron chi connectivity index (χ2n) is 3.12. The summed E-state index contributed by atoms with van der Waals surface area (Å²) in [5.74, 6) is 0.509. The van der Waals surface area contributed by atoms with Gasteiger partial charge in [-0.3, -0.25) is 0 Å². The molecule has 0 saturated heterocycles. The van der Waals surface area contributed by atoms with Gasteiger partial charge in [-0.1, -0.05) is 19.1 Å². The average molecular weight is 166 g/mol. The summed E-state index contributed by atoms with van der Waals surface area (Å²) >= 11 is 0. The van der Waals surface area contributed by atoms with Gasteiger partial charge < -0.3 is 4.74 Å². The van der Waals surface area contributed by atoms with Gasteiger partial charge in [-0.25, -0.2) is 4.39 Å². The highest BCUT2D eigenvalue weighted by atomic mass is 19.1. The summed E-state index contributed by atoms with van der Waals surface area (Å²) in [5, 5.41) is 0. The first-order chi connectivity index (χ1) is 5.79. The first-order valence-corrected chi connectivity index (χ1v) is 4.20. The summed E-state index contributed by atoms with van der Waals surface area (Å²) < 4.78 is 18.4. The normalized spacial score (nSPS) is 27.8. The predicted octanol–water partition coefficient (Wildman–Crippen LogP) is 2.72. The molecular weight excluding hydrogens is 155 g/mol. The molecule has 1 nitrogen and oxygen atoms in total. The van der Waals surface area contributed by atoms with Crippen LogP contribution < -0.4 is 0 Å². The molecule has 1 aliphatic carbocycles. The van der Waals surface area contributed by atoms with Gasteiger partial charge in [0.15, 0.2) is 11.6 Å². The summed E-state index contributed by atoms with van der Waals surface area (Å²) in [7, 11) is 0. The van der Waals surface area contributed by atoms with E-state index in [0.29, 0.717) is 18.3 Å². The SMILES string of the molecule is CC1C=CC(F)=C2OCCC=C21. The smallest absolute Gasteiger partial charge is 0.165 e. The van der Waals surface area contributed by atoms with Gasteiger partial charge in [0.05, 0.1) is 6.61 Å². The molecule has 64 valence electrons. The summed E-state index contributed by atoms with van der Waals surface area (Å²) in [5.41, 5.74) is 1.00. The van der Waals surface area contributed by atoms with Gasteiger partial charge in [0.2, 0.25) is 0 Å². The van der Waals surface area contributed by atoms with Gasteiger partial charge in [-0.2, -0.15) is 0 Å². The van der Waals surface area contributed by atoms with E-state index in [0.717, 1.165) is 12.0 Å². The molecule has 0 aromatic heterocycles. The van der Waals surface area contributed by atoms with E-state index in [2.05, 4.69) is 6.08 Å². The zero-order valence-corrected chi connectivity index (χ0v) is 7.01. The maximum atomic E-state index is 13.1. The first kappa shape index (κ1) is 7.59. The van der Waals surface area contributed by atoms with Crippen LogP contribution in [0.25, 0.3) is 0 Å². The van der Waals surface area contributed by atoms with Gasteiger partial charge in [0.25, 0.3) is 0 Å². The molecule has 1 heterocycles. The zero-order valence-electron chi connectivity index (χ0n) is 7.01. The van der Waals surface area contributed by atoms with Crippen LogP contribution in [-0.4, -0.2) is 6.61 Å². The molecule has 0 N–H and O–H groups in total. The Morgan fingerprint density at radius 3 is 3.17 bits per heavy atom. The van der Waals surface area contributed by atoms with Crippen LogP contribution in [0, 0.1) is 5.92 Å². The second-order valence-corrected chi connectivity index (χ2v) is 3.12. The molecule has 0 bridgehead atoms.